The number of carbonyl (C=O) groups excluding carboxylic acids is 1. The van der Waals surface area contributed by atoms with E-state index in [1.807, 2.05) is 30.0 Å². The van der Waals surface area contributed by atoms with Gasteiger partial charge in [-0.05, 0) is 56.8 Å². The van der Waals surface area contributed by atoms with Gasteiger partial charge in [0, 0.05) is 31.9 Å². The molecular weight excluding hydrogens is 348 g/mol. The molecule has 1 atom stereocenters. The van der Waals surface area contributed by atoms with Gasteiger partial charge >= 0.3 is 6.03 Å². The number of anilines is 1. The molecule has 1 aromatic carbocycles. The van der Waals surface area contributed by atoms with Crippen molar-refractivity contribution in [1.82, 2.24) is 15.2 Å². The molecule has 0 saturated carbocycles. The zero-order valence-electron chi connectivity index (χ0n) is 15.2. The number of carbonyl (C=O) groups is 1. The molecule has 7 heteroatoms. The number of thiazole rings is 1. The lowest BCUT2D eigenvalue weighted by Crippen LogP contribution is -2.42. The van der Waals surface area contributed by atoms with Crippen LogP contribution in [0.2, 0.25) is 0 Å². The summed E-state index contributed by atoms with van der Waals surface area (Å²) < 4.78 is 7.14. The fraction of sp³-hybridized carbons (Fsp3) is 0.579. The van der Waals surface area contributed by atoms with Crippen molar-refractivity contribution in [3.8, 4) is 0 Å². The van der Waals surface area contributed by atoms with Crippen molar-refractivity contribution >= 4 is 33.3 Å². The molecule has 3 heterocycles. The maximum Gasteiger partial charge on any atom is 0.321 e. The fourth-order valence-electron chi connectivity index (χ4n) is 3.67. The highest BCUT2D eigenvalue weighted by molar-refractivity contribution is 7.18. The number of nitrogens with zero attached hydrogens (tertiary/aromatic N) is 2. The smallest absolute Gasteiger partial charge is 0.321 e. The highest BCUT2D eigenvalue weighted by Gasteiger charge is 2.24. The van der Waals surface area contributed by atoms with E-state index in [0.717, 1.165) is 73.0 Å². The molecule has 140 valence electrons. The first-order chi connectivity index (χ1) is 12.7. The summed E-state index contributed by atoms with van der Waals surface area (Å²) in [5, 5.41) is 7.39. The molecule has 2 amide bonds. The molecule has 0 spiro atoms. The van der Waals surface area contributed by atoms with Crippen molar-refractivity contribution in [1.29, 1.82) is 0 Å². The number of hydrogen-bond donors (Lipinski definition) is 2. The number of piperidine rings is 1. The number of aromatic nitrogens is 1. The van der Waals surface area contributed by atoms with Crippen LogP contribution in [0.15, 0.2) is 18.2 Å². The van der Waals surface area contributed by atoms with Crippen LogP contribution in [0.1, 0.15) is 24.3 Å². The van der Waals surface area contributed by atoms with Crippen molar-refractivity contribution < 1.29 is 9.53 Å². The van der Waals surface area contributed by atoms with E-state index in [-0.39, 0.29) is 6.03 Å². The van der Waals surface area contributed by atoms with Crippen LogP contribution in [0.25, 0.3) is 10.2 Å². The molecule has 0 aliphatic carbocycles. The average molecular weight is 375 g/mol. The second-order valence-corrected chi connectivity index (χ2v) is 8.46. The van der Waals surface area contributed by atoms with Gasteiger partial charge in [0.2, 0.25) is 0 Å². The molecule has 0 bridgehead atoms. The summed E-state index contributed by atoms with van der Waals surface area (Å²) in [4.78, 5) is 18.9. The van der Waals surface area contributed by atoms with E-state index in [2.05, 4.69) is 15.6 Å². The van der Waals surface area contributed by atoms with Gasteiger partial charge in [0.1, 0.15) is 0 Å². The Kier molecular flexibility index (Phi) is 5.38. The Hall–Kier alpha value is -1.70. The molecule has 0 radical (unpaired) electrons. The Labute approximate surface area is 157 Å². The van der Waals surface area contributed by atoms with Crippen molar-refractivity contribution in [3.63, 3.8) is 0 Å². The minimum Gasteiger partial charge on any atom is -0.377 e. The number of fused-ring (bicyclic) bond motifs is 1. The Morgan fingerprint density at radius 2 is 2.23 bits per heavy atom. The van der Waals surface area contributed by atoms with Gasteiger partial charge in [-0.15, -0.1) is 11.3 Å². The minimum absolute atomic E-state index is 0.0179. The minimum atomic E-state index is -0.0179. The van der Waals surface area contributed by atoms with Crippen molar-refractivity contribution in [2.45, 2.75) is 32.3 Å². The van der Waals surface area contributed by atoms with Crippen molar-refractivity contribution in [2.24, 2.45) is 5.92 Å². The van der Waals surface area contributed by atoms with Gasteiger partial charge in [-0.2, -0.15) is 0 Å². The van der Waals surface area contributed by atoms with Crippen LogP contribution < -0.4 is 10.6 Å². The Morgan fingerprint density at radius 3 is 3.00 bits per heavy atom. The lowest BCUT2D eigenvalue weighted by molar-refractivity contribution is 0.0265. The SMILES string of the molecule is Cc1nc2cc(NC(=O)N3CCC(COC4CCNC4)CC3)ccc2s1. The number of rotatable bonds is 4. The van der Waals surface area contributed by atoms with Crippen LogP contribution in [0.4, 0.5) is 10.5 Å². The van der Waals surface area contributed by atoms with Crippen LogP contribution in [0.3, 0.4) is 0 Å². The van der Waals surface area contributed by atoms with Gasteiger partial charge in [0.25, 0.3) is 0 Å². The predicted molar refractivity (Wildman–Crippen MR) is 105 cm³/mol. The third-order valence-electron chi connectivity index (χ3n) is 5.23. The van der Waals surface area contributed by atoms with E-state index >= 15 is 0 Å². The highest BCUT2D eigenvalue weighted by atomic mass is 32.1. The molecule has 6 nitrogen and oxygen atoms in total. The standard InChI is InChI=1S/C19H26N4O2S/c1-13-21-17-10-15(2-3-18(17)26-13)22-19(24)23-8-5-14(6-9-23)12-25-16-4-7-20-11-16/h2-3,10,14,16,20H,4-9,11-12H2,1H3,(H,22,24). The topological polar surface area (TPSA) is 66.5 Å². The Balaban J connectivity index is 1.26. The summed E-state index contributed by atoms with van der Waals surface area (Å²) in [5.74, 6) is 0.564. The summed E-state index contributed by atoms with van der Waals surface area (Å²) >= 11 is 1.67. The van der Waals surface area contributed by atoms with E-state index in [0.29, 0.717) is 12.0 Å². The summed E-state index contributed by atoms with van der Waals surface area (Å²) in [6.07, 6.45) is 3.51. The van der Waals surface area contributed by atoms with E-state index < -0.39 is 0 Å². The second kappa shape index (κ2) is 7.90. The molecule has 26 heavy (non-hydrogen) atoms. The van der Waals surface area contributed by atoms with Crippen molar-refractivity contribution in [2.75, 3.05) is 38.1 Å². The van der Waals surface area contributed by atoms with E-state index in [1.165, 1.54) is 0 Å². The molecule has 1 unspecified atom stereocenters. The third kappa shape index (κ3) is 4.16. The van der Waals surface area contributed by atoms with Gasteiger partial charge < -0.3 is 20.3 Å². The number of urea groups is 1. The first-order valence-corrected chi connectivity index (χ1v) is 10.2. The predicted octanol–water partition coefficient (Wildman–Crippen LogP) is 3.23. The normalized spacial score (nSPS) is 21.4. The van der Waals surface area contributed by atoms with Gasteiger partial charge in [-0.25, -0.2) is 9.78 Å². The van der Waals surface area contributed by atoms with E-state index in [1.54, 1.807) is 11.3 Å². The van der Waals surface area contributed by atoms with Crippen LogP contribution in [-0.2, 0) is 4.74 Å². The third-order valence-corrected chi connectivity index (χ3v) is 6.18. The fourth-order valence-corrected chi connectivity index (χ4v) is 4.48. The molecular formula is C19H26N4O2S. The van der Waals surface area contributed by atoms with Crippen LogP contribution in [-0.4, -0.2) is 54.8 Å². The zero-order chi connectivity index (χ0) is 17.9. The first kappa shape index (κ1) is 17.7. The molecule has 2 saturated heterocycles. The van der Waals surface area contributed by atoms with Gasteiger partial charge in [0.05, 0.1) is 21.3 Å². The lowest BCUT2D eigenvalue weighted by Gasteiger charge is -2.32. The van der Waals surface area contributed by atoms with Gasteiger partial charge in [-0.1, -0.05) is 0 Å². The molecule has 2 aliphatic heterocycles. The molecule has 2 fully saturated rings. The summed E-state index contributed by atoms with van der Waals surface area (Å²) in [5.41, 5.74) is 1.76. The summed E-state index contributed by atoms with van der Waals surface area (Å²) in [6, 6.07) is 5.91. The number of hydrogen-bond acceptors (Lipinski definition) is 5. The lowest BCUT2D eigenvalue weighted by atomic mass is 9.98. The molecule has 2 aliphatic rings. The Bertz CT molecular complexity index is 764. The quantitative estimate of drug-likeness (QED) is 0.862. The second-order valence-electron chi connectivity index (χ2n) is 7.22. The monoisotopic (exact) mass is 374 g/mol. The van der Waals surface area contributed by atoms with Crippen LogP contribution >= 0.6 is 11.3 Å². The zero-order valence-corrected chi connectivity index (χ0v) is 16.0. The molecule has 4 rings (SSSR count). The largest absolute Gasteiger partial charge is 0.377 e. The summed E-state index contributed by atoms with van der Waals surface area (Å²) in [6.45, 7) is 6.45. The number of benzene rings is 1. The number of amides is 2. The number of likely N-dealkylation sites (tertiary alicyclic amines) is 1. The van der Waals surface area contributed by atoms with Crippen LogP contribution in [0.5, 0.6) is 0 Å². The molecule has 2 aromatic rings. The van der Waals surface area contributed by atoms with E-state index in [9.17, 15) is 4.79 Å². The maximum absolute atomic E-state index is 12.5. The summed E-state index contributed by atoms with van der Waals surface area (Å²) in [7, 11) is 0. The molecule has 1 aromatic heterocycles. The number of nitrogens with one attached hydrogen (secondary N) is 2. The van der Waals surface area contributed by atoms with Gasteiger partial charge in [0.15, 0.2) is 0 Å². The Morgan fingerprint density at radius 1 is 1.38 bits per heavy atom. The van der Waals surface area contributed by atoms with Crippen molar-refractivity contribution in [3.05, 3.63) is 23.2 Å². The average Bonchev–Trinajstić information content (AvgIpc) is 3.28. The highest BCUT2D eigenvalue weighted by Crippen LogP contribution is 2.25. The van der Waals surface area contributed by atoms with Gasteiger partial charge in [-0.3, -0.25) is 0 Å². The maximum atomic E-state index is 12.5. The van der Waals surface area contributed by atoms with Crippen LogP contribution in [0, 0.1) is 12.8 Å². The number of ether oxygens (including phenoxy) is 1. The first-order valence-electron chi connectivity index (χ1n) is 9.43. The van der Waals surface area contributed by atoms with E-state index in [4.69, 9.17) is 4.74 Å². The molecule has 2 N–H and O–H groups in total. The number of aryl methyl sites for hydroxylation is 1.